The highest BCUT2D eigenvalue weighted by atomic mass is 32.2. The number of hydrogen-bond donors (Lipinski definition) is 1. The summed E-state index contributed by atoms with van der Waals surface area (Å²) in [6.07, 6.45) is 5.65. The van der Waals surface area contributed by atoms with Crippen molar-refractivity contribution in [1.82, 2.24) is 5.32 Å². The molecule has 1 N–H and O–H groups in total. The van der Waals surface area contributed by atoms with E-state index < -0.39 is 0 Å². The molecular weight excluding hydrogens is 170 g/mol. The van der Waals surface area contributed by atoms with Crippen molar-refractivity contribution < 1.29 is 4.74 Å². The maximum atomic E-state index is 5.69. The summed E-state index contributed by atoms with van der Waals surface area (Å²) in [6.45, 7) is 2.09. The predicted octanol–water partition coefficient (Wildman–Crippen LogP) is 1.61. The molecule has 2 atom stereocenters. The first kappa shape index (κ1) is 8.85. The van der Waals surface area contributed by atoms with E-state index in [1.54, 1.807) is 0 Å². The number of ether oxygens (including phenoxy) is 1. The summed E-state index contributed by atoms with van der Waals surface area (Å²) in [5.41, 5.74) is 0. The van der Waals surface area contributed by atoms with Gasteiger partial charge in [0.15, 0.2) is 0 Å². The van der Waals surface area contributed by atoms with Crippen molar-refractivity contribution in [3.8, 4) is 0 Å². The average Bonchev–Trinajstić information content (AvgIpc) is 2.21. The van der Waals surface area contributed by atoms with E-state index in [9.17, 15) is 0 Å². The van der Waals surface area contributed by atoms with Gasteiger partial charge in [-0.2, -0.15) is 11.8 Å². The van der Waals surface area contributed by atoms with Crippen LogP contribution in [0.15, 0.2) is 0 Å². The summed E-state index contributed by atoms with van der Waals surface area (Å²) in [7, 11) is 0. The Morgan fingerprint density at radius 2 is 2.25 bits per heavy atom. The molecule has 70 valence electrons. The first-order valence-corrected chi connectivity index (χ1v) is 5.98. The average molecular weight is 187 g/mol. The predicted molar refractivity (Wildman–Crippen MR) is 52.5 cm³/mol. The van der Waals surface area contributed by atoms with Crippen molar-refractivity contribution in [1.29, 1.82) is 0 Å². The fraction of sp³-hybridized carbons (Fsp3) is 1.00. The van der Waals surface area contributed by atoms with Crippen LogP contribution in [-0.4, -0.2) is 30.4 Å². The Labute approximate surface area is 78.4 Å². The maximum absolute atomic E-state index is 5.69. The van der Waals surface area contributed by atoms with Crippen LogP contribution in [0.5, 0.6) is 0 Å². The molecule has 2 nitrogen and oxygen atoms in total. The first-order valence-electron chi connectivity index (χ1n) is 4.93. The highest BCUT2D eigenvalue weighted by Crippen LogP contribution is 2.28. The van der Waals surface area contributed by atoms with Gasteiger partial charge < -0.3 is 4.74 Å². The zero-order chi connectivity index (χ0) is 8.23. The van der Waals surface area contributed by atoms with Gasteiger partial charge in [0.1, 0.15) is 6.23 Å². The van der Waals surface area contributed by atoms with E-state index in [1.165, 1.54) is 31.4 Å². The third-order valence-electron chi connectivity index (χ3n) is 2.52. The van der Waals surface area contributed by atoms with E-state index >= 15 is 0 Å². The first-order chi connectivity index (χ1) is 5.97. The molecule has 2 unspecified atom stereocenters. The van der Waals surface area contributed by atoms with E-state index in [0.29, 0.717) is 6.23 Å². The molecule has 2 aliphatic heterocycles. The highest BCUT2D eigenvalue weighted by molar-refractivity contribution is 8.00. The monoisotopic (exact) mass is 187 g/mol. The van der Waals surface area contributed by atoms with Gasteiger partial charge in [0.2, 0.25) is 0 Å². The second kappa shape index (κ2) is 4.49. The highest BCUT2D eigenvalue weighted by Gasteiger charge is 2.25. The van der Waals surface area contributed by atoms with Gasteiger partial charge in [-0.1, -0.05) is 6.42 Å². The largest absolute Gasteiger partial charge is 0.362 e. The van der Waals surface area contributed by atoms with Gasteiger partial charge in [0.05, 0.1) is 0 Å². The standard InChI is InChI=1S/C9H17NOS/c1-2-7-12-8(4-1)9-10-5-3-6-11-9/h8-10H,1-7H2. The number of nitrogens with one attached hydrogen (secondary N) is 1. The molecule has 2 fully saturated rings. The molecule has 3 heteroatoms. The van der Waals surface area contributed by atoms with Crippen LogP contribution < -0.4 is 5.32 Å². The van der Waals surface area contributed by atoms with Crippen LogP contribution in [0.25, 0.3) is 0 Å². The van der Waals surface area contributed by atoms with E-state index in [-0.39, 0.29) is 0 Å². The lowest BCUT2D eigenvalue weighted by atomic mass is 10.1. The second-order valence-electron chi connectivity index (χ2n) is 3.50. The fourth-order valence-corrected chi connectivity index (χ4v) is 3.19. The Bertz CT molecular complexity index is 114. The molecule has 2 aliphatic rings. The number of hydrogen-bond acceptors (Lipinski definition) is 3. The van der Waals surface area contributed by atoms with E-state index in [2.05, 4.69) is 17.1 Å². The molecule has 0 saturated carbocycles. The van der Waals surface area contributed by atoms with Crippen LogP contribution in [-0.2, 0) is 4.74 Å². The van der Waals surface area contributed by atoms with Gasteiger partial charge in [0, 0.05) is 11.9 Å². The van der Waals surface area contributed by atoms with Crippen LogP contribution in [0.3, 0.4) is 0 Å². The molecule has 0 radical (unpaired) electrons. The third kappa shape index (κ3) is 2.15. The van der Waals surface area contributed by atoms with Gasteiger partial charge >= 0.3 is 0 Å². The van der Waals surface area contributed by atoms with Gasteiger partial charge in [0.25, 0.3) is 0 Å². The summed E-state index contributed by atoms with van der Waals surface area (Å²) in [5.74, 6) is 1.33. The number of thioether (sulfide) groups is 1. The van der Waals surface area contributed by atoms with Crippen LogP contribution in [0.4, 0.5) is 0 Å². The van der Waals surface area contributed by atoms with Crippen molar-refractivity contribution in [3.63, 3.8) is 0 Å². The number of rotatable bonds is 1. The summed E-state index contributed by atoms with van der Waals surface area (Å²) in [5, 5.41) is 4.17. The fourth-order valence-electron chi connectivity index (χ4n) is 1.83. The summed E-state index contributed by atoms with van der Waals surface area (Å²) >= 11 is 2.08. The van der Waals surface area contributed by atoms with Gasteiger partial charge in [-0.05, 0) is 31.6 Å². The van der Waals surface area contributed by atoms with Gasteiger partial charge in [-0.25, -0.2) is 0 Å². The lowest BCUT2D eigenvalue weighted by Gasteiger charge is -2.33. The van der Waals surface area contributed by atoms with Crippen LogP contribution in [0.1, 0.15) is 25.7 Å². The van der Waals surface area contributed by atoms with Gasteiger partial charge in [-0.3, -0.25) is 5.32 Å². The van der Waals surface area contributed by atoms with E-state index in [1.807, 2.05) is 0 Å². The summed E-state index contributed by atoms with van der Waals surface area (Å²) in [6, 6.07) is 0. The molecule has 0 bridgehead atoms. The maximum Gasteiger partial charge on any atom is 0.120 e. The van der Waals surface area contributed by atoms with Crippen molar-refractivity contribution >= 4 is 11.8 Å². The van der Waals surface area contributed by atoms with Crippen LogP contribution in [0, 0.1) is 0 Å². The van der Waals surface area contributed by atoms with Crippen molar-refractivity contribution in [3.05, 3.63) is 0 Å². The SMILES string of the molecule is C1CNC(C2CCCCS2)OC1. The minimum absolute atomic E-state index is 0.351. The Kier molecular flexibility index (Phi) is 3.31. The molecule has 0 aromatic carbocycles. The minimum atomic E-state index is 0.351. The topological polar surface area (TPSA) is 21.3 Å². The Morgan fingerprint density at radius 1 is 1.25 bits per heavy atom. The normalized spacial score (nSPS) is 38.0. The molecular formula is C9H17NOS. The Hall–Kier alpha value is 0.270. The zero-order valence-corrected chi connectivity index (χ0v) is 8.24. The van der Waals surface area contributed by atoms with Crippen LogP contribution in [0.2, 0.25) is 0 Å². The van der Waals surface area contributed by atoms with E-state index in [4.69, 9.17) is 4.74 Å². The molecule has 0 aromatic heterocycles. The lowest BCUT2D eigenvalue weighted by molar-refractivity contribution is -0.00149. The molecule has 12 heavy (non-hydrogen) atoms. The molecule has 0 aliphatic carbocycles. The smallest absolute Gasteiger partial charge is 0.120 e. The zero-order valence-electron chi connectivity index (χ0n) is 7.42. The third-order valence-corrected chi connectivity index (χ3v) is 3.95. The summed E-state index contributed by atoms with van der Waals surface area (Å²) < 4.78 is 5.69. The molecule has 0 aromatic rings. The molecule has 0 spiro atoms. The molecule has 2 saturated heterocycles. The van der Waals surface area contributed by atoms with Crippen molar-refractivity contribution in [2.45, 2.75) is 37.2 Å². The summed E-state index contributed by atoms with van der Waals surface area (Å²) in [4.78, 5) is 0. The van der Waals surface area contributed by atoms with Gasteiger partial charge in [-0.15, -0.1) is 0 Å². The van der Waals surface area contributed by atoms with Crippen molar-refractivity contribution in [2.24, 2.45) is 0 Å². The lowest BCUT2D eigenvalue weighted by Crippen LogP contribution is -2.45. The second-order valence-corrected chi connectivity index (χ2v) is 4.85. The Balaban J connectivity index is 1.80. The Morgan fingerprint density at radius 3 is 2.92 bits per heavy atom. The van der Waals surface area contributed by atoms with Crippen LogP contribution >= 0.6 is 11.8 Å². The molecule has 2 heterocycles. The minimum Gasteiger partial charge on any atom is -0.362 e. The van der Waals surface area contributed by atoms with E-state index in [0.717, 1.165) is 18.4 Å². The molecule has 2 rings (SSSR count). The molecule has 0 amide bonds. The quantitative estimate of drug-likeness (QED) is 0.674. The van der Waals surface area contributed by atoms with Crippen molar-refractivity contribution in [2.75, 3.05) is 18.9 Å².